The van der Waals surface area contributed by atoms with E-state index in [9.17, 15) is 14.0 Å². The maximum absolute atomic E-state index is 13.5. The first-order valence-electron chi connectivity index (χ1n) is 11.6. The summed E-state index contributed by atoms with van der Waals surface area (Å²) < 4.78 is 16.4. The van der Waals surface area contributed by atoms with Crippen LogP contribution < -0.4 is 11.1 Å². The van der Waals surface area contributed by atoms with Crippen molar-refractivity contribution in [2.75, 3.05) is 6.67 Å². The molecule has 2 heterocycles. The van der Waals surface area contributed by atoms with Gasteiger partial charge in [0.05, 0.1) is 12.9 Å². The summed E-state index contributed by atoms with van der Waals surface area (Å²) in [5.74, 6) is 1.16. The molecule has 0 aromatic carbocycles. The third kappa shape index (κ3) is 3.77. The number of carbonyl (C=O) groups is 2. The van der Waals surface area contributed by atoms with Crippen LogP contribution in [0.25, 0.3) is 12.0 Å². The topological polar surface area (TPSA) is 108 Å². The van der Waals surface area contributed by atoms with Crippen LogP contribution in [0.3, 0.4) is 0 Å². The second-order valence-corrected chi connectivity index (χ2v) is 10.8. The van der Waals surface area contributed by atoms with Crippen molar-refractivity contribution < 1.29 is 14.0 Å². The lowest BCUT2D eigenvalue weighted by Gasteiger charge is -2.58. The summed E-state index contributed by atoms with van der Waals surface area (Å²) in [4.78, 5) is 25.7. The van der Waals surface area contributed by atoms with E-state index in [-0.39, 0.29) is 29.7 Å². The Hall–Kier alpha value is -2.97. The van der Waals surface area contributed by atoms with Gasteiger partial charge in [0.15, 0.2) is 5.82 Å². The summed E-state index contributed by atoms with van der Waals surface area (Å²) in [6, 6.07) is 1.80. The number of aromatic nitrogens is 4. The van der Waals surface area contributed by atoms with E-state index in [0.717, 1.165) is 32.1 Å². The Morgan fingerprint density at radius 3 is 2.61 bits per heavy atom. The number of carbonyl (C=O) groups excluding carboxylic acids is 2. The van der Waals surface area contributed by atoms with Gasteiger partial charge >= 0.3 is 0 Å². The number of halogens is 1. The molecular weight excluding hydrogens is 423 g/mol. The maximum atomic E-state index is 13.5. The minimum Gasteiger partial charge on any atom is -0.369 e. The Balaban J connectivity index is 1.41. The smallest absolute Gasteiger partial charge is 0.257 e. The Morgan fingerprint density at radius 1 is 1.27 bits per heavy atom. The minimum absolute atomic E-state index is 0.0244. The van der Waals surface area contributed by atoms with Gasteiger partial charge in [-0.3, -0.25) is 14.0 Å². The van der Waals surface area contributed by atoms with Crippen molar-refractivity contribution in [3.05, 3.63) is 36.3 Å². The van der Waals surface area contributed by atoms with Crippen molar-refractivity contribution in [2.45, 2.75) is 52.0 Å². The summed E-state index contributed by atoms with van der Waals surface area (Å²) in [5, 5.41) is 11.9. The van der Waals surface area contributed by atoms with Gasteiger partial charge in [0, 0.05) is 35.5 Å². The fourth-order valence-electron chi connectivity index (χ4n) is 6.36. The molecule has 0 aliphatic heterocycles. The van der Waals surface area contributed by atoms with Crippen LogP contribution in [0.15, 0.2) is 30.7 Å². The largest absolute Gasteiger partial charge is 0.369 e. The van der Waals surface area contributed by atoms with E-state index in [1.54, 1.807) is 53.9 Å². The average molecular weight is 455 g/mol. The molecule has 3 N–H and O–H groups in total. The molecule has 0 saturated heterocycles. The summed E-state index contributed by atoms with van der Waals surface area (Å²) >= 11 is 0. The SMILES string of the molecule is CC(C)(/C=C/n1ncc(C(=O)N[C@H]2C3CC4CC2C[C@](C(N)=O)(C4)C3)c1-n1cccn1)CF. The van der Waals surface area contributed by atoms with Crippen molar-refractivity contribution in [2.24, 2.45) is 34.3 Å². The number of primary amides is 1. The summed E-state index contributed by atoms with van der Waals surface area (Å²) in [6.07, 6.45) is 12.8. The fraction of sp³-hybridized carbons (Fsp3) is 0.583. The van der Waals surface area contributed by atoms with Crippen molar-refractivity contribution >= 4 is 18.0 Å². The van der Waals surface area contributed by atoms with Gasteiger partial charge in [-0.1, -0.05) is 19.9 Å². The van der Waals surface area contributed by atoms with Crippen LogP contribution in [0.2, 0.25) is 0 Å². The van der Waals surface area contributed by atoms with Crippen molar-refractivity contribution in [3.8, 4) is 5.82 Å². The monoisotopic (exact) mass is 454 g/mol. The van der Waals surface area contributed by atoms with Crippen LogP contribution >= 0.6 is 0 Å². The molecule has 33 heavy (non-hydrogen) atoms. The first-order valence-corrected chi connectivity index (χ1v) is 11.6. The molecule has 2 aromatic rings. The Morgan fingerprint density at radius 2 is 2.00 bits per heavy atom. The van der Waals surface area contributed by atoms with Crippen LogP contribution in [-0.2, 0) is 4.79 Å². The summed E-state index contributed by atoms with van der Waals surface area (Å²) in [6.45, 7) is 3.08. The maximum Gasteiger partial charge on any atom is 0.257 e. The van der Waals surface area contributed by atoms with Crippen molar-refractivity contribution in [1.29, 1.82) is 0 Å². The van der Waals surface area contributed by atoms with E-state index >= 15 is 0 Å². The molecule has 0 radical (unpaired) electrons. The number of hydrogen-bond acceptors (Lipinski definition) is 4. The van der Waals surface area contributed by atoms with Crippen LogP contribution in [0.1, 0.15) is 56.3 Å². The molecule has 2 atom stereocenters. The zero-order chi connectivity index (χ0) is 23.4. The van der Waals surface area contributed by atoms with Gasteiger partial charge < -0.3 is 11.1 Å². The van der Waals surface area contributed by atoms with E-state index in [4.69, 9.17) is 5.73 Å². The first-order chi connectivity index (χ1) is 15.7. The summed E-state index contributed by atoms with van der Waals surface area (Å²) in [5.41, 5.74) is 5.16. The molecule has 4 bridgehead atoms. The predicted octanol–water partition coefficient (Wildman–Crippen LogP) is 2.95. The van der Waals surface area contributed by atoms with E-state index in [2.05, 4.69) is 15.5 Å². The van der Waals surface area contributed by atoms with Gasteiger partial charge in [-0.25, -0.2) is 9.36 Å². The average Bonchev–Trinajstić information content (AvgIpc) is 3.43. The lowest BCUT2D eigenvalue weighted by molar-refractivity contribution is -0.145. The Labute approximate surface area is 192 Å². The molecule has 4 aliphatic rings. The van der Waals surface area contributed by atoms with Gasteiger partial charge in [-0.05, 0) is 55.9 Å². The highest BCUT2D eigenvalue weighted by atomic mass is 19.1. The number of nitrogens with zero attached hydrogens (tertiary/aromatic N) is 4. The van der Waals surface area contributed by atoms with Gasteiger partial charge in [-0.15, -0.1) is 0 Å². The highest BCUT2D eigenvalue weighted by molar-refractivity contribution is 5.97. The minimum atomic E-state index is -0.646. The molecule has 4 fully saturated rings. The van der Waals surface area contributed by atoms with Crippen LogP contribution in [0, 0.1) is 28.6 Å². The second-order valence-electron chi connectivity index (χ2n) is 10.8. The number of amides is 2. The molecule has 2 aromatic heterocycles. The molecule has 9 heteroatoms. The third-order valence-electron chi connectivity index (χ3n) is 7.84. The van der Waals surface area contributed by atoms with E-state index in [0.29, 0.717) is 17.3 Å². The molecule has 4 aliphatic carbocycles. The van der Waals surface area contributed by atoms with Gasteiger partial charge in [0.2, 0.25) is 5.91 Å². The number of nitrogens with one attached hydrogen (secondary N) is 1. The lowest BCUT2D eigenvalue weighted by Crippen LogP contribution is -2.62. The van der Waals surface area contributed by atoms with Gasteiger partial charge in [0.1, 0.15) is 5.56 Å². The van der Waals surface area contributed by atoms with Gasteiger partial charge in [-0.2, -0.15) is 10.2 Å². The number of nitrogens with two attached hydrogens (primary N) is 1. The molecule has 4 saturated carbocycles. The Kier molecular flexibility index (Phi) is 5.17. The molecule has 176 valence electrons. The molecular formula is C24H31FN6O2. The predicted molar refractivity (Wildman–Crippen MR) is 121 cm³/mol. The number of hydrogen-bond donors (Lipinski definition) is 2. The van der Waals surface area contributed by atoms with Gasteiger partial charge in [0.25, 0.3) is 5.91 Å². The number of alkyl halides is 1. The third-order valence-corrected chi connectivity index (χ3v) is 7.84. The lowest BCUT2D eigenvalue weighted by atomic mass is 9.47. The summed E-state index contributed by atoms with van der Waals surface area (Å²) in [7, 11) is 0. The quantitative estimate of drug-likeness (QED) is 0.671. The van der Waals surface area contributed by atoms with Crippen LogP contribution in [0.4, 0.5) is 4.39 Å². The highest BCUT2D eigenvalue weighted by Gasteiger charge is 2.58. The molecule has 6 rings (SSSR count). The number of rotatable bonds is 7. The standard InChI is InChI=1S/C24H31FN6O2/c1-23(2,14-25)4-7-31-21(30-6-3-5-27-30)18(13-28-31)20(32)29-19-16-8-15-9-17(19)12-24(10-15,11-16)22(26)33/h3-7,13,15-17,19H,8-12,14H2,1-2H3,(H2,26,33)(H,29,32)/b7-4+/t15?,16?,17?,19-,24-. The molecule has 8 nitrogen and oxygen atoms in total. The van der Waals surface area contributed by atoms with Crippen molar-refractivity contribution in [3.63, 3.8) is 0 Å². The first kappa shape index (κ1) is 21.9. The molecule has 2 amide bonds. The van der Waals surface area contributed by atoms with E-state index in [1.165, 1.54) is 6.20 Å². The van der Waals surface area contributed by atoms with E-state index < -0.39 is 17.5 Å². The second kappa shape index (κ2) is 7.81. The number of allylic oxidation sites excluding steroid dienone is 1. The Bertz CT molecular complexity index is 1070. The normalized spacial score (nSPS) is 30.8. The molecule has 2 unspecified atom stereocenters. The van der Waals surface area contributed by atoms with E-state index in [1.807, 2.05) is 0 Å². The molecule has 0 spiro atoms. The zero-order valence-corrected chi connectivity index (χ0v) is 19.1. The van der Waals surface area contributed by atoms with Crippen LogP contribution in [0.5, 0.6) is 0 Å². The fourth-order valence-corrected chi connectivity index (χ4v) is 6.36. The van der Waals surface area contributed by atoms with Crippen molar-refractivity contribution in [1.82, 2.24) is 24.9 Å². The van der Waals surface area contributed by atoms with Crippen LogP contribution in [-0.4, -0.2) is 44.1 Å². The zero-order valence-electron chi connectivity index (χ0n) is 19.1. The highest BCUT2D eigenvalue weighted by Crippen LogP contribution is 2.59.